The van der Waals surface area contributed by atoms with Crippen molar-refractivity contribution in [2.24, 2.45) is 0 Å². The lowest BCUT2D eigenvalue weighted by atomic mass is 10.0. The van der Waals surface area contributed by atoms with Crippen LogP contribution in [-0.4, -0.2) is 75.3 Å². The number of hydrogen-bond donors (Lipinski definition) is 1. The fraction of sp³-hybridized carbons (Fsp3) is 0.688. The van der Waals surface area contributed by atoms with E-state index in [-0.39, 0.29) is 26.2 Å². The first-order chi connectivity index (χ1) is 28.0. The van der Waals surface area contributed by atoms with Crippen LogP contribution in [0.2, 0.25) is 0 Å². The third-order valence-corrected chi connectivity index (χ3v) is 10.1. The van der Waals surface area contributed by atoms with Crippen LogP contribution in [0.3, 0.4) is 0 Å². The maximum absolute atomic E-state index is 12.5. The van der Waals surface area contributed by atoms with Gasteiger partial charge >= 0.3 is 5.97 Å². The first-order valence-electron chi connectivity index (χ1n) is 22.5. The maximum atomic E-state index is 12.5. The van der Waals surface area contributed by atoms with Crippen LogP contribution in [0.15, 0.2) is 85.3 Å². The molecule has 0 aliphatic rings. The van der Waals surface area contributed by atoms with E-state index in [4.69, 9.17) is 18.5 Å². The molecule has 3 atom stereocenters. The first-order valence-corrected chi connectivity index (χ1v) is 23.9. The van der Waals surface area contributed by atoms with Gasteiger partial charge in [0.2, 0.25) is 0 Å². The number of rotatable bonds is 40. The zero-order valence-corrected chi connectivity index (χ0v) is 38.2. The quantitative estimate of drug-likeness (QED) is 0.0123. The van der Waals surface area contributed by atoms with Crippen LogP contribution in [0, 0.1) is 0 Å². The Balaban J connectivity index is 4.46. The average molecular weight is 834 g/mol. The third-order valence-electron chi connectivity index (χ3n) is 9.14. The summed E-state index contributed by atoms with van der Waals surface area (Å²) in [4.78, 5) is 24.8. The van der Waals surface area contributed by atoms with Gasteiger partial charge in [0.05, 0.1) is 40.1 Å². The summed E-state index contributed by atoms with van der Waals surface area (Å²) < 4.78 is 34.2. The zero-order valence-electron chi connectivity index (χ0n) is 37.3. The molecule has 334 valence electrons. The highest BCUT2D eigenvalue weighted by molar-refractivity contribution is 7.45. The van der Waals surface area contributed by atoms with Crippen LogP contribution >= 0.6 is 7.82 Å². The number of ether oxygens (including phenoxy) is 2. The summed E-state index contributed by atoms with van der Waals surface area (Å²) in [5, 5.41) is 10.0. The van der Waals surface area contributed by atoms with Crippen LogP contribution in [-0.2, 0) is 27.9 Å². The minimum absolute atomic E-state index is 0.00400. The third kappa shape index (κ3) is 43.1. The topological polar surface area (TPSA) is 114 Å². The molecular weight excluding hydrogens is 750 g/mol. The van der Waals surface area contributed by atoms with E-state index in [1.165, 1.54) is 83.5 Å². The minimum atomic E-state index is -4.55. The Labute approximate surface area is 355 Å². The monoisotopic (exact) mass is 834 g/mol. The molecule has 2 unspecified atom stereocenters. The number of nitrogens with zero attached hydrogens (tertiary/aromatic N) is 1. The molecule has 0 bridgehead atoms. The fourth-order valence-corrected chi connectivity index (χ4v) is 6.31. The van der Waals surface area contributed by atoms with Gasteiger partial charge in [-0.1, -0.05) is 170 Å². The molecule has 0 aromatic rings. The Kier molecular flexibility index (Phi) is 38.2. The summed E-state index contributed by atoms with van der Waals surface area (Å²) in [7, 11) is 1.28. The van der Waals surface area contributed by atoms with Crippen LogP contribution in [0.1, 0.15) is 155 Å². The van der Waals surface area contributed by atoms with Crippen LogP contribution in [0.25, 0.3) is 0 Å². The van der Waals surface area contributed by atoms with Crippen molar-refractivity contribution in [2.75, 3.05) is 47.5 Å². The van der Waals surface area contributed by atoms with E-state index >= 15 is 0 Å². The summed E-state index contributed by atoms with van der Waals surface area (Å²) in [6.07, 6.45) is 50.3. The van der Waals surface area contributed by atoms with Crippen LogP contribution in [0.4, 0.5) is 0 Å². The molecule has 58 heavy (non-hydrogen) atoms. The molecule has 0 saturated carbocycles. The van der Waals surface area contributed by atoms with E-state index in [1.54, 1.807) is 12.3 Å². The van der Waals surface area contributed by atoms with Gasteiger partial charge in [0.25, 0.3) is 7.82 Å². The number of aliphatic hydroxyl groups excluding tert-OH is 1. The highest BCUT2D eigenvalue weighted by Crippen LogP contribution is 2.38. The Bertz CT molecular complexity index is 1220. The molecule has 9 nitrogen and oxygen atoms in total. The van der Waals surface area contributed by atoms with Gasteiger partial charge < -0.3 is 33.0 Å². The van der Waals surface area contributed by atoms with E-state index in [0.29, 0.717) is 23.9 Å². The van der Waals surface area contributed by atoms with Gasteiger partial charge in [-0.2, -0.15) is 0 Å². The average Bonchev–Trinajstić information content (AvgIpc) is 3.17. The summed E-state index contributed by atoms with van der Waals surface area (Å²) in [6.45, 7) is 4.42. The number of phosphoric ester groups is 1. The first kappa shape index (κ1) is 55.5. The van der Waals surface area contributed by atoms with Crippen molar-refractivity contribution < 1.29 is 42.4 Å². The van der Waals surface area contributed by atoms with Gasteiger partial charge in [0.1, 0.15) is 19.8 Å². The van der Waals surface area contributed by atoms with Crippen molar-refractivity contribution in [1.29, 1.82) is 0 Å². The molecular formula is C48H84NO8P. The van der Waals surface area contributed by atoms with E-state index in [0.717, 1.165) is 38.5 Å². The van der Waals surface area contributed by atoms with Gasteiger partial charge in [-0.05, 0) is 57.4 Å². The van der Waals surface area contributed by atoms with Gasteiger partial charge in [0.15, 0.2) is 6.10 Å². The number of quaternary nitrogens is 1. The smallest absolute Gasteiger partial charge is 0.306 e. The van der Waals surface area contributed by atoms with Gasteiger partial charge in [-0.25, -0.2) is 0 Å². The van der Waals surface area contributed by atoms with Gasteiger partial charge in [0, 0.05) is 6.42 Å². The van der Waals surface area contributed by atoms with E-state index in [2.05, 4.69) is 44.2 Å². The number of aliphatic hydroxyl groups is 1. The Hall–Kier alpha value is -2.52. The number of phosphoric acid groups is 1. The minimum Gasteiger partial charge on any atom is -0.756 e. The molecule has 0 rings (SSSR count). The highest BCUT2D eigenvalue weighted by Gasteiger charge is 2.19. The molecule has 0 fully saturated rings. The fourth-order valence-electron chi connectivity index (χ4n) is 5.58. The van der Waals surface area contributed by atoms with Crippen molar-refractivity contribution in [3.8, 4) is 0 Å². The van der Waals surface area contributed by atoms with Crippen molar-refractivity contribution in [3.63, 3.8) is 0 Å². The van der Waals surface area contributed by atoms with E-state index in [9.17, 15) is 19.4 Å². The summed E-state index contributed by atoms with van der Waals surface area (Å²) in [6, 6.07) is 0. The number of unbranched alkanes of at least 4 members (excludes halogenated alkanes) is 14. The molecule has 0 aliphatic carbocycles. The lowest BCUT2D eigenvalue weighted by Gasteiger charge is -2.28. The standard InChI is InChI=1S/C48H84NO8P/c1-6-8-10-12-14-15-16-17-18-19-20-23-26-29-33-37-42-54-47(45-57-58(52,53)56-43-41-49(3,4)5)44-55-48(51)40-36-32-28-25-22-21-24-27-31-35-39-46(50)38-34-30-13-11-9-7-2/h9,11,21-22,27-28,30-32,34-35,37,39,42,46-47,50H,6-8,10,12-20,23-26,29,33,36,38,40-41,43-45H2,1-5H3/b11-9-,22-21-,31-27-,32-28-,34-30-,39-35+,42-37+/t46?,47-/m1/s1. The molecule has 10 heteroatoms. The largest absolute Gasteiger partial charge is 0.756 e. The second-order valence-electron chi connectivity index (χ2n) is 15.9. The molecule has 0 amide bonds. The SMILES string of the molecule is CC/C=C\C/C=C\CC(O)/C=C/C=C\C/C=C\C/C=C\CCC(=O)OC[C@H](COP(=O)([O-])OCC[N+](C)(C)C)O/C=C/CCCCCCCCCCCCCCCC. The lowest BCUT2D eigenvalue weighted by molar-refractivity contribution is -0.870. The molecule has 0 saturated heterocycles. The van der Waals surface area contributed by atoms with Crippen molar-refractivity contribution in [1.82, 2.24) is 0 Å². The Morgan fingerprint density at radius 1 is 0.672 bits per heavy atom. The van der Waals surface area contributed by atoms with Gasteiger partial charge in [-0.15, -0.1) is 0 Å². The van der Waals surface area contributed by atoms with Crippen LogP contribution < -0.4 is 4.89 Å². The number of carbonyl (C=O) groups excluding carboxylic acids is 1. The molecule has 0 heterocycles. The van der Waals surface area contributed by atoms with Crippen molar-refractivity contribution in [2.45, 2.75) is 167 Å². The van der Waals surface area contributed by atoms with Gasteiger partial charge in [-0.3, -0.25) is 9.36 Å². The summed E-state index contributed by atoms with van der Waals surface area (Å²) in [5.41, 5.74) is 0. The van der Waals surface area contributed by atoms with E-state index < -0.39 is 26.0 Å². The molecule has 0 aliphatic heterocycles. The number of allylic oxidation sites excluding steroid dienone is 11. The summed E-state index contributed by atoms with van der Waals surface area (Å²) >= 11 is 0. The zero-order chi connectivity index (χ0) is 42.8. The molecule has 0 radical (unpaired) electrons. The predicted molar refractivity (Wildman–Crippen MR) is 241 cm³/mol. The number of likely N-dealkylation sites (N-methyl/N-ethyl adjacent to an activating group) is 1. The van der Waals surface area contributed by atoms with Crippen molar-refractivity contribution >= 4 is 13.8 Å². The Morgan fingerprint density at radius 2 is 1.24 bits per heavy atom. The van der Waals surface area contributed by atoms with Crippen LogP contribution in [0.5, 0.6) is 0 Å². The number of carbonyl (C=O) groups is 1. The second-order valence-corrected chi connectivity index (χ2v) is 17.4. The normalized spacial score (nSPS) is 15.0. The predicted octanol–water partition coefficient (Wildman–Crippen LogP) is 12.0. The number of hydrogen-bond acceptors (Lipinski definition) is 8. The molecule has 0 aromatic heterocycles. The Morgan fingerprint density at radius 3 is 1.86 bits per heavy atom. The second kappa shape index (κ2) is 39.9. The highest BCUT2D eigenvalue weighted by atomic mass is 31.2. The summed E-state index contributed by atoms with van der Waals surface area (Å²) in [5.74, 6) is -0.395. The lowest BCUT2D eigenvalue weighted by Crippen LogP contribution is -2.37. The van der Waals surface area contributed by atoms with Crippen molar-refractivity contribution in [3.05, 3.63) is 85.3 Å². The molecule has 1 N–H and O–H groups in total. The molecule has 0 spiro atoms. The molecule has 0 aromatic carbocycles. The van der Waals surface area contributed by atoms with E-state index in [1.807, 2.05) is 63.7 Å². The maximum Gasteiger partial charge on any atom is 0.306 e. The number of esters is 1.